The average Bonchev–Trinajstić information content (AvgIpc) is 3.01. The van der Waals surface area contributed by atoms with Gasteiger partial charge in [0.05, 0.1) is 0 Å². The van der Waals surface area contributed by atoms with E-state index in [4.69, 9.17) is 0 Å². The highest BCUT2D eigenvalue weighted by atomic mass is 16.3. The maximum absolute atomic E-state index is 12.3. The summed E-state index contributed by atoms with van der Waals surface area (Å²) in [5, 5.41) is 19.0. The first-order chi connectivity index (χ1) is 14.2. The van der Waals surface area contributed by atoms with E-state index in [9.17, 15) is 14.7 Å². The van der Waals surface area contributed by atoms with Gasteiger partial charge in [0.25, 0.3) is 5.95 Å². The SMILES string of the molecule is Cc1cc(C)nc(-n2nc(NC(=O)C(=O)NC(C)Cc3cccc(O)c3)cc2C)n1. The zero-order valence-electron chi connectivity index (χ0n) is 17.3. The molecule has 30 heavy (non-hydrogen) atoms. The quantitative estimate of drug-likeness (QED) is 0.555. The number of anilines is 1. The van der Waals surface area contributed by atoms with Crippen molar-refractivity contribution in [2.24, 2.45) is 0 Å². The van der Waals surface area contributed by atoms with Gasteiger partial charge in [-0.05, 0) is 57.9 Å². The summed E-state index contributed by atoms with van der Waals surface area (Å²) < 4.78 is 1.51. The predicted molar refractivity (Wildman–Crippen MR) is 111 cm³/mol. The lowest BCUT2D eigenvalue weighted by atomic mass is 10.1. The number of aromatic hydroxyl groups is 1. The Morgan fingerprint density at radius 2 is 1.77 bits per heavy atom. The van der Waals surface area contributed by atoms with E-state index < -0.39 is 11.8 Å². The third kappa shape index (κ3) is 5.19. The fourth-order valence-electron chi connectivity index (χ4n) is 3.09. The molecular formula is C21H24N6O3. The van der Waals surface area contributed by atoms with E-state index in [0.29, 0.717) is 18.1 Å². The lowest BCUT2D eigenvalue weighted by Gasteiger charge is -2.13. The molecule has 156 valence electrons. The van der Waals surface area contributed by atoms with Crippen molar-refractivity contribution in [3.8, 4) is 11.7 Å². The van der Waals surface area contributed by atoms with Crippen LogP contribution >= 0.6 is 0 Å². The van der Waals surface area contributed by atoms with E-state index >= 15 is 0 Å². The van der Waals surface area contributed by atoms with Crippen molar-refractivity contribution in [2.75, 3.05) is 5.32 Å². The van der Waals surface area contributed by atoms with Crippen molar-refractivity contribution >= 4 is 17.6 Å². The summed E-state index contributed by atoms with van der Waals surface area (Å²) in [6, 6.07) is 9.96. The summed E-state index contributed by atoms with van der Waals surface area (Å²) in [7, 11) is 0. The molecule has 1 aromatic carbocycles. The Morgan fingerprint density at radius 3 is 2.43 bits per heavy atom. The van der Waals surface area contributed by atoms with Crippen LogP contribution in [0.3, 0.4) is 0 Å². The molecule has 0 aliphatic heterocycles. The third-order valence-corrected chi connectivity index (χ3v) is 4.33. The number of carbonyl (C=O) groups excluding carboxylic acids is 2. The van der Waals surface area contributed by atoms with E-state index in [0.717, 1.165) is 17.0 Å². The van der Waals surface area contributed by atoms with Gasteiger partial charge in [-0.25, -0.2) is 14.6 Å². The molecule has 9 heteroatoms. The number of hydrogen-bond donors (Lipinski definition) is 3. The Hall–Kier alpha value is -3.75. The van der Waals surface area contributed by atoms with Gasteiger partial charge in [-0.3, -0.25) is 9.59 Å². The molecule has 1 atom stereocenters. The lowest BCUT2D eigenvalue weighted by Crippen LogP contribution is -2.41. The number of phenols is 1. The molecule has 2 amide bonds. The van der Waals surface area contributed by atoms with Crippen molar-refractivity contribution in [1.29, 1.82) is 0 Å². The van der Waals surface area contributed by atoms with Crippen LogP contribution in [0.15, 0.2) is 36.4 Å². The molecule has 9 nitrogen and oxygen atoms in total. The first-order valence-corrected chi connectivity index (χ1v) is 9.50. The molecule has 3 aromatic rings. The number of rotatable bonds is 5. The number of aryl methyl sites for hydroxylation is 3. The first-order valence-electron chi connectivity index (χ1n) is 9.50. The first kappa shape index (κ1) is 21.0. The normalized spacial score (nSPS) is 11.7. The van der Waals surface area contributed by atoms with Crippen LogP contribution in [0.5, 0.6) is 5.75 Å². The molecule has 0 fully saturated rings. The largest absolute Gasteiger partial charge is 0.508 e. The number of carbonyl (C=O) groups is 2. The molecule has 2 heterocycles. The fourth-order valence-corrected chi connectivity index (χ4v) is 3.09. The van der Waals surface area contributed by atoms with Gasteiger partial charge in [0.2, 0.25) is 0 Å². The van der Waals surface area contributed by atoms with Gasteiger partial charge in [-0.15, -0.1) is 5.10 Å². The number of phenolic OH excluding ortho intramolecular Hbond substituents is 1. The van der Waals surface area contributed by atoms with Crippen LogP contribution in [-0.4, -0.2) is 42.7 Å². The Bertz CT molecular complexity index is 1070. The molecule has 0 bridgehead atoms. The Kier molecular flexibility index (Phi) is 6.10. The van der Waals surface area contributed by atoms with Gasteiger partial charge in [0.1, 0.15) is 5.75 Å². The fraction of sp³-hybridized carbons (Fsp3) is 0.286. The molecule has 3 N–H and O–H groups in total. The molecular weight excluding hydrogens is 384 g/mol. The summed E-state index contributed by atoms with van der Waals surface area (Å²) >= 11 is 0. The zero-order valence-corrected chi connectivity index (χ0v) is 17.3. The summed E-state index contributed by atoms with van der Waals surface area (Å²) in [5.74, 6) is -0.797. The second-order valence-electron chi connectivity index (χ2n) is 7.24. The van der Waals surface area contributed by atoms with Gasteiger partial charge >= 0.3 is 11.8 Å². The van der Waals surface area contributed by atoms with E-state index in [1.54, 1.807) is 38.1 Å². The summed E-state index contributed by atoms with van der Waals surface area (Å²) in [6.07, 6.45) is 0.477. The second kappa shape index (κ2) is 8.73. The average molecular weight is 408 g/mol. The monoisotopic (exact) mass is 408 g/mol. The second-order valence-corrected chi connectivity index (χ2v) is 7.24. The number of aromatic nitrogens is 4. The summed E-state index contributed by atoms with van der Waals surface area (Å²) in [4.78, 5) is 33.2. The molecule has 0 aliphatic rings. The zero-order chi connectivity index (χ0) is 21.8. The molecule has 0 aliphatic carbocycles. The van der Waals surface area contributed by atoms with Gasteiger partial charge < -0.3 is 15.7 Å². The smallest absolute Gasteiger partial charge is 0.314 e. The van der Waals surface area contributed by atoms with Crippen LogP contribution in [0.1, 0.15) is 29.6 Å². The highest BCUT2D eigenvalue weighted by molar-refractivity contribution is 6.39. The van der Waals surface area contributed by atoms with Crippen LogP contribution < -0.4 is 10.6 Å². The van der Waals surface area contributed by atoms with Crippen LogP contribution in [0.4, 0.5) is 5.82 Å². The number of nitrogens with zero attached hydrogens (tertiary/aromatic N) is 4. The summed E-state index contributed by atoms with van der Waals surface area (Å²) in [5.41, 5.74) is 3.18. The van der Waals surface area contributed by atoms with Gasteiger partial charge in [-0.1, -0.05) is 12.1 Å². The maximum atomic E-state index is 12.3. The minimum Gasteiger partial charge on any atom is -0.508 e. The van der Waals surface area contributed by atoms with E-state index in [1.165, 1.54) is 4.68 Å². The van der Waals surface area contributed by atoms with E-state index in [2.05, 4.69) is 25.7 Å². The Balaban J connectivity index is 1.63. The minimum absolute atomic E-state index is 0.155. The van der Waals surface area contributed by atoms with Crippen molar-refractivity contribution in [3.05, 3.63) is 59.0 Å². The third-order valence-electron chi connectivity index (χ3n) is 4.33. The highest BCUT2D eigenvalue weighted by Gasteiger charge is 2.19. The van der Waals surface area contributed by atoms with Crippen LogP contribution in [0.25, 0.3) is 5.95 Å². The molecule has 0 saturated heterocycles. The molecule has 0 spiro atoms. The lowest BCUT2D eigenvalue weighted by molar-refractivity contribution is -0.136. The molecule has 2 aromatic heterocycles. The topological polar surface area (TPSA) is 122 Å². The number of amides is 2. The van der Waals surface area contributed by atoms with Gasteiger partial charge in [0, 0.05) is 29.2 Å². The molecule has 0 radical (unpaired) electrons. The summed E-state index contributed by atoms with van der Waals surface area (Å²) in [6.45, 7) is 7.32. The van der Waals surface area contributed by atoms with E-state index in [1.807, 2.05) is 26.0 Å². The highest BCUT2D eigenvalue weighted by Crippen LogP contribution is 2.14. The van der Waals surface area contributed by atoms with Crippen LogP contribution in [-0.2, 0) is 16.0 Å². The van der Waals surface area contributed by atoms with Gasteiger partial charge in [0.15, 0.2) is 5.82 Å². The van der Waals surface area contributed by atoms with Crippen LogP contribution in [0, 0.1) is 20.8 Å². The number of nitrogens with one attached hydrogen (secondary N) is 2. The minimum atomic E-state index is -0.816. The standard InChI is InChI=1S/C21H24N6O3/c1-12-8-13(2)24-21(23-12)27-15(4)10-18(26-27)25-20(30)19(29)22-14(3)9-16-6-5-7-17(28)11-16/h5-8,10-11,14,28H,9H2,1-4H3,(H,22,29)(H,25,26,30). The molecule has 0 saturated carbocycles. The Morgan fingerprint density at radius 1 is 1.07 bits per heavy atom. The molecule has 1 unspecified atom stereocenters. The van der Waals surface area contributed by atoms with Crippen LogP contribution in [0.2, 0.25) is 0 Å². The maximum Gasteiger partial charge on any atom is 0.314 e. The molecule has 3 rings (SSSR count). The number of benzene rings is 1. The van der Waals surface area contributed by atoms with E-state index in [-0.39, 0.29) is 17.6 Å². The van der Waals surface area contributed by atoms with Gasteiger partial charge in [-0.2, -0.15) is 0 Å². The van der Waals surface area contributed by atoms with Crippen molar-refractivity contribution in [3.63, 3.8) is 0 Å². The van der Waals surface area contributed by atoms with Crippen molar-refractivity contribution in [1.82, 2.24) is 25.1 Å². The predicted octanol–water partition coefficient (Wildman–Crippen LogP) is 1.98. The van der Waals surface area contributed by atoms with Crippen molar-refractivity contribution in [2.45, 2.75) is 40.2 Å². The van der Waals surface area contributed by atoms with Crippen molar-refractivity contribution < 1.29 is 14.7 Å². The number of hydrogen-bond acceptors (Lipinski definition) is 6. The Labute approximate surface area is 174 Å².